The molecule has 0 unspecified atom stereocenters. The van der Waals surface area contributed by atoms with Gasteiger partial charge in [0.2, 0.25) is 5.91 Å². The first-order chi connectivity index (χ1) is 16.3. The van der Waals surface area contributed by atoms with Gasteiger partial charge in [0.15, 0.2) is 6.10 Å². The largest absolute Gasteiger partial charge is 0.522 e. The third-order valence-electron chi connectivity index (χ3n) is 7.04. The molecule has 3 N–H and O–H groups in total. The zero-order valence-electron chi connectivity index (χ0n) is 18.3. The predicted molar refractivity (Wildman–Crippen MR) is 111 cm³/mol. The van der Waals surface area contributed by atoms with Gasteiger partial charge in [-0.15, -0.1) is 13.2 Å². The zero-order chi connectivity index (χ0) is 25.2. The summed E-state index contributed by atoms with van der Waals surface area (Å²) in [6.45, 7) is -0.266. The van der Waals surface area contributed by atoms with E-state index in [9.17, 15) is 32.3 Å². The van der Waals surface area contributed by atoms with Gasteiger partial charge >= 0.3 is 6.36 Å². The minimum Gasteiger partial charge on any atom is -0.480 e. The lowest BCUT2D eigenvalue weighted by Crippen LogP contribution is -2.84. The van der Waals surface area contributed by atoms with Gasteiger partial charge in [-0.05, 0) is 25.3 Å². The fourth-order valence-electron chi connectivity index (χ4n) is 5.46. The first-order valence-corrected chi connectivity index (χ1v) is 11.5. The lowest BCUT2D eigenvalue weighted by molar-refractivity contribution is -0.357. The number of fused-ring (bicyclic) bond motifs is 1. The summed E-state index contributed by atoms with van der Waals surface area (Å²) >= 11 is 5.75. The fourth-order valence-corrected chi connectivity index (χ4v) is 5.63. The molecule has 1 aliphatic heterocycles. The van der Waals surface area contributed by atoms with E-state index in [1.165, 1.54) is 6.07 Å². The van der Waals surface area contributed by atoms with Crippen molar-refractivity contribution in [3.05, 3.63) is 28.5 Å². The Morgan fingerprint density at radius 1 is 1.11 bits per heavy atom. The fraction of sp³-hybridized carbons (Fsp3) is 0.636. The molecular formula is C22H23ClF4N2O6. The van der Waals surface area contributed by atoms with E-state index in [-0.39, 0.29) is 42.5 Å². The van der Waals surface area contributed by atoms with Crippen LogP contribution in [-0.2, 0) is 19.1 Å². The summed E-state index contributed by atoms with van der Waals surface area (Å²) in [4.78, 5) is 24.9. The standard InChI is InChI=1S/C22H23ClF4N2O6/c23-13-3-12-15(30)5-17(34-16(12)4-14(13)24)19(32)29-21-7-20(8-21,9-21)28-18(31)6-33-10-1-11(2-10)35-22(25,26)27/h3-4,10-11,15,17,30H,1-2,5-9H2,(H,28,31)(H,29,32)/t10?,11?,15-,17+,20?,21?/m1/s1. The van der Waals surface area contributed by atoms with Crippen LogP contribution in [0.15, 0.2) is 12.1 Å². The number of halogens is 5. The molecule has 13 heteroatoms. The molecule has 2 atom stereocenters. The van der Waals surface area contributed by atoms with E-state index in [0.29, 0.717) is 24.8 Å². The van der Waals surface area contributed by atoms with Crippen molar-refractivity contribution in [1.29, 1.82) is 0 Å². The van der Waals surface area contributed by atoms with Crippen molar-refractivity contribution in [2.24, 2.45) is 0 Å². The average Bonchev–Trinajstić information content (AvgIpc) is 2.67. The molecule has 4 fully saturated rings. The Kier molecular flexibility index (Phi) is 5.93. The van der Waals surface area contributed by atoms with E-state index in [2.05, 4.69) is 15.4 Å². The van der Waals surface area contributed by atoms with Crippen LogP contribution in [0.25, 0.3) is 0 Å². The number of rotatable bonds is 7. The number of hydrogen-bond acceptors (Lipinski definition) is 6. The maximum atomic E-state index is 13.8. The lowest BCUT2D eigenvalue weighted by atomic mass is 9.44. The van der Waals surface area contributed by atoms with Crippen LogP contribution in [0.5, 0.6) is 5.75 Å². The number of hydrogen-bond donors (Lipinski definition) is 3. The topological polar surface area (TPSA) is 106 Å². The molecule has 2 bridgehead atoms. The molecular weight excluding hydrogens is 500 g/mol. The van der Waals surface area contributed by atoms with Crippen LogP contribution in [0.4, 0.5) is 17.6 Å². The highest BCUT2D eigenvalue weighted by Crippen LogP contribution is 2.60. The van der Waals surface area contributed by atoms with E-state index in [1.807, 2.05) is 0 Å². The van der Waals surface area contributed by atoms with Gasteiger partial charge in [0, 0.05) is 42.0 Å². The van der Waals surface area contributed by atoms with Crippen LogP contribution in [0, 0.1) is 5.82 Å². The maximum Gasteiger partial charge on any atom is 0.522 e. The molecule has 0 radical (unpaired) electrons. The van der Waals surface area contributed by atoms with Crippen LogP contribution < -0.4 is 15.4 Å². The molecule has 2 amide bonds. The highest BCUT2D eigenvalue weighted by atomic mass is 35.5. The smallest absolute Gasteiger partial charge is 0.480 e. The van der Waals surface area contributed by atoms with Crippen molar-refractivity contribution in [3.63, 3.8) is 0 Å². The number of aliphatic hydroxyl groups excluding tert-OH is 1. The number of alkyl halides is 3. The van der Waals surface area contributed by atoms with Gasteiger partial charge in [-0.1, -0.05) is 11.6 Å². The van der Waals surface area contributed by atoms with Crippen molar-refractivity contribution in [2.45, 2.75) is 80.4 Å². The van der Waals surface area contributed by atoms with Gasteiger partial charge in [-0.3, -0.25) is 14.3 Å². The highest BCUT2D eigenvalue weighted by molar-refractivity contribution is 6.30. The first-order valence-electron chi connectivity index (χ1n) is 11.2. The van der Waals surface area contributed by atoms with Crippen molar-refractivity contribution in [2.75, 3.05) is 6.61 Å². The summed E-state index contributed by atoms with van der Waals surface area (Å²) in [5.74, 6) is -1.46. The molecule has 192 valence electrons. The number of amides is 2. The molecule has 1 heterocycles. The Balaban J connectivity index is 1.04. The molecule has 0 spiro atoms. The summed E-state index contributed by atoms with van der Waals surface area (Å²) in [6, 6.07) is 2.32. The maximum absolute atomic E-state index is 13.8. The summed E-state index contributed by atoms with van der Waals surface area (Å²) < 4.78 is 65.0. The van der Waals surface area contributed by atoms with E-state index >= 15 is 0 Å². The van der Waals surface area contributed by atoms with E-state index in [4.69, 9.17) is 21.1 Å². The zero-order valence-corrected chi connectivity index (χ0v) is 19.0. The predicted octanol–water partition coefficient (Wildman–Crippen LogP) is 2.66. The van der Waals surface area contributed by atoms with Crippen LogP contribution in [0.1, 0.15) is 50.2 Å². The molecule has 0 saturated heterocycles. The Morgan fingerprint density at radius 3 is 2.43 bits per heavy atom. The van der Waals surface area contributed by atoms with Gasteiger partial charge in [0.05, 0.1) is 23.3 Å². The highest BCUT2D eigenvalue weighted by Gasteiger charge is 2.69. The SMILES string of the molecule is O=C(COC1CC(OC(F)(F)F)C1)NC12CC(NC(=O)[C@@H]3C[C@@H](O)c4cc(Cl)c(F)cc4O3)(C1)C2. The molecule has 1 aromatic carbocycles. The summed E-state index contributed by atoms with van der Waals surface area (Å²) in [5, 5.41) is 16.0. The third-order valence-corrected chi connectivity index (χ3v) is 7.33. The third kappa shape index (κ3) is 4.93. The number of carbonyl (C=O) groups is 2. The molecule has 0 aromatic heterocycles. The molecule has 1 aromatic rings. The van der Waals surface area contributed by atoms with Crippen LogP contribution >= 0.6 is 11.6 Å². The minimum atomic E-state index is -4.68. The molecule has 6 rings (SSSR count). The molecule has 8 nitrogen and oxygen atoms in total. The average molecular weight is 523 g/mol. The number of nitrogens with one attached hydrogen (secondary N) is 2. The van der Waals surface area contributed by atoms with E-state index < -0.39 is 53.6 Å². The number of carbonyl (C=O) groups excluding carboxylic acids is 2. The normalized spacial score (nSPS) is 34.9. The van der Waals surface area contributed by atoms with E-state index in [1.54, 1.807) is 0 Å². The van der Waals surface area contributed by atoms with Gasteiger partial charge in [0.1, 0.15) is 18.2 Å². The monoisotopic (exact) mass is 522 g/mol. The Morgan fingerprint density at radius 2 is 1.77 bits per heavy atom. The Hall–Kier alpha value is -2.15. The van der Waals surface area contributed by atoms with Crippen LogP contribution in [-0.4, -0.2) is 59.3 Å². The molecule has 35 heavy (non-hydrogen) atoms. The summed E-state index contributed by atoms with van der Waals surface area (Å²) in [7, 11) is 0. The van der Waals surface area contributed by atoms with Crippen LogP contribution in [0.3, 0.4) is 0 Å². The molecule has 4 aliphatic carbocycles. The molecule has 5 aliphatic rings. The van der Waals surface area contributed by atoms with Crippen molar-refractivity contribution in [1.82, 2.24) is 10.6 Å². The van der Waals surface area contributed by atoms with Crippen molar-refractivity contribution < 1.29 is 46.5 Å². The van der Waals surface area contributed by atoms with Crippen molar-refractivity contribution in [3.8, 4) is 5.75 Å². The second-order valence-corrected chi connectivity index (χ2v) is 10.3. The first kappa shape index (κ1) is 24.5. The van der Waals surface area contributed by atoms with Gasteiger partial charge in [-0.2, -0.15) is 0 Å². The summed E-state index contributed by atoms with van der Waals surface area (Å²) in [6.07, 6.45) is -6.42. The number of aliphatic hydroxyl groups is 1. The Bertz CT molecular complexity index is 1030. The number of benzene rings is 1. The van der Waals surface area contributed by atoms with Crippen molar-refractivity contribution >= 4 is 23.4 Å². The number of ether oxygens (including phenoxy) is 3. The summed E-state index contributed by atoms with van der Waals surface area (Å²) in [5.41, 5.74) is -0.615. The van der Waals surface area contributed by atoms with Gasteiger partial charge in [0.25, 0.3) is 5.91 Å². The molecule has 4 saturated carbocycles. The quantitative estimate of drug-likeness (QED) is 0.476. The van der Waals surface area contributed by atoms with Gasteiger partial charge < -0.3 is 25.2 Å². The Labute approximate surface area is 202 Å². The van der Waals surface area contributed by atoms with E-state index in [0.717, 1.165) is 6.07 Å². The van der Waals surface area contributed by atoms with Crippen LogP contribution in [0.2, 0.25) is 5.02 Å². The second-order valence-electron chi connectivity index (χ2n) is 9.88. The second kappa shape index (κ2) is 8.46. The minimum absolute atomic E-state index is 0.00781. The van der Waals surface area contributed by atoms with Gasteiger partial charge in [-0.25, -0.2) is 4.39 Å². The lowest BCUT2D eigenvalue weighted by Gasteiger charge is -2.70.